The molecule has 0 saturated heterocycles. The molecule has 6 nitrogen and oxygen atoms in total. The second kappa shape index (κ2) is 10.9. The number of methoxy groups -OCH3 is 1. The lowest BCUT2D eigenvalue weighted by atomic mass is 10.1. The van der Waals surface area contributed by atoms with Crippen LogP contribution >= 0.6 is 15.9 Å². The third kappa shape index (κ3) is 6.14. The van der Waals surface area contributed by atoms with E-state index < -0.39 is 17.6 Å². The first-order valence-corrected chi connectivity index (χ1v) is 10.5. The first kappa shape index (κ1) is 24.8. The van der Waals surface area contributed by atoms with E-state index in [2.05, 4.69) is 32.5 Å². The van der Waals surface area contributed by atoms with Crippen LogP contribution in [0.15, 0.2) is 70.2 Å². The lowest BCUT2D eigenvalue weighted by Crippen LogP contribution is -2.18. The number of rotatable bonds is 7. The number of nitrogens with one attached hydrogen (secondary N) is 1. The Hall–Kier alpha value is -3.84. The van der Waals surface area contributed by atoms with Crippen molar-refractivity contribution in [1.82, 2.24) is 5.43 Å². The van der Waals surface area contributed by atoms with Gasteiger partial charge >= 0.3 is 6.18 Å². The van der Waals surface area contributed by atoms with E-state index in [1.165, 1.54) is 19.4 Å². The molecule has 0 bridgehead atoms. The molecule has 0 unspecified atom stereocenters. The van der Waals surface area contributed by atoms with Gasteiger partial charge in [-0.15, -0.1) is 0 Å². The average Bonchev–Trinajstić information content (AvgIpc) is 2.83. The third-order valence-corrected chi connectivity index (χ3v) is 5.31. The van der Waals surface area contributed by atoms with E-state index in [4.69, 9.17) is 9.47 Å². The molecule has 0 aliphatic rings. The summed E-state index contributed by atoms with van der Waals surface area (Å²) in [6.07, 6.45) is -3.24. The highest BCUT2D eigenvalue weighted by Crippen LogP contribution is 2.34. The molecule has 3 aromatic rings. The predicted octanol–water partition coefficient (Wildman–Crippen LogP) is 5.69. The Morgan fingerprint density at radius 2 is 1.91 bits per heavy atom. The monoisotopic (exact) mass is 531 g/mol. The van der Waals surface area contributed by atoms with E-state index in [1.54, 1.807) is 36.4 Å². The van der Waals surface area contributed by atoms with Crippen LogP contribution in [0.5, 0.6) is 11.5 Å². The fraction of sp³-hybridized carbons (Fsp3) is 0.125. The van der Waals surface area contributed by atoms with Crippen LogP contribution in [0.2, 0.25) is 0 Å². The van der Waals surface area contributed by atoms with Crippen LogP contribution < -0.4 is 14.9 Å². The number of carbonyl (C=O) groups is 1. The summed E-state index contributed by atoms with van der Waals surface area (Å²) in [7, 11) is 1.45. The van der Waals surface area contributed by atoms with E-state index >= 15 is 0 Å². The van der Waals surface area contributed by atoms with Gasteiger partial charge in [-0.1, -0.05) is 24.3 Å². The largest absolute Gasteiger partial charge is 0.493 e. The van der Waals surface area contributed by atoms with Crippen molar-refractivity contribution < 1.29 is 27.4 Å². The van der Waals surface area contributed by atoms with Crippen LogP contribution in [-0.2, 0) is 12.8 Å². The van der Waals surface area contributed by atoms with E-state index in [9.17, 15) is 23.2 Å². The highest BCUT2D eigenvalue weighted by molar-refractivity contribution is 9.10. The summed E-state index contributed by atoms with van der Waals surface area (Å²) in [5.41, 5.74) is 2.84. The molecule has 0 fully saturated rings. The lowest BCUT2D eigenvalue weighted by molar-refractivity contribution is -0.137. The first-order valence-electron chi connectivity index (χ1n) is 9.72. The zero-order chi connectivity index (χ0) is 24.7. The van der Waals surface area contributed by atoms with Gasteiger partial charge in [0.1, 0.15) is 6.61 Å². The summed E-state index contributed by atoms with van der Waals surface area (Å²) in [5, 5.41) is 13.0. The van der Waals surface area contributed by atoms with Crippen molar-refractivity contribution in [2.75, 3.05) is 7.11 Å². The molecule has 0 atom stereocenters. The van der Waals surface area contributed by atoms with Crippen molar-refractivity contribution in [3.63, 3.8) is 0 Å². The number of alkyl halides is 3. The number of ether oxygens (including phenoxy) is 2. The first-order chi connectivity index (χ1) is 16.2. The number of nitrogens with zero attached hydrogens (tertiary/aromatic N) is 2. The van der Waals surface area contributed by atoms with Crippen LogP contribution in [0.25, 0.3) is 0 Å². The van der Waals surface area contributed by atoms with Crippen molar-refractivity contribution in [2.45, 2.75) is 12.8 Å². The molecule has 0 saturated carbocycles. The maximum Gasteiger partial charge on any atom is 0.416 e. The Balaban J connectivity index is 1.72. The second-order valence-corrected chi connectivity index (χ2v) is 7.71. The minimum atomic E-state index is -4.55. The van der Waals surface area contributed by atoms with Crippen LogP contribution in [0.1, 0.15) is 32.6 Å². The molecule has 34 heavy (non-hydrogen) atoms. The van der Waals surface area contributed by atoms with Gasteiger partial charge in [0.25, 0.3) is 5.91 Å². The highest BCUT2D eigenvalue weighted by atomic mass is 79.9. The van der Waals surface area contributed by atoms with Crippen molar-refractivity contribution >= 4 is 28.1 Å². The normalized spacial score (nSPS) is 11.2. The molecular weight excluding hydrogens is 515 g/mol. The minimum absolute atomic E-state index is 0.146. The maximum atomic E-state index is 12.8. The zero-order valence-corrected chi connectivity index (χ0v) is 19.3. The van der Waals surface area contributed by atoms with Gasteiger partial charge in [0.15, 0.2) is 11.5 Å². The number of nitriles is 1. The number of hydrogen-bond acceptors (Lipinski definition) is 5. The molecule has 3 rings (SSSR count). The van der Waals surface area contributed by atoms with Gasteiger partial charge in [-0.3, -0.25) is 4.79 Å². The molecule has 174 valence electrons. The molecule has 0 aliphatic heterocycles. The standard InChI is InChI=1S/C24H17BrF3N3O3/c1-33-21-10-18(13-30-31-23(32)15-7-4-8-19(9-15)24(26,27)28)20(25)11-22(21)34-14-17-6-3-2-5-16(17)12-29/h2-11,13H,14H2,1H3,(H,31,32)/b30-13-. The van der Waals surface area contributed by atoms with Gasteiger partial charge in [0, 0.05) is 21.2 Å². The van der Waals surface area contributed by atoms with Crippen LogP contribution in [0.3, 0.4) is 0 Å². The summed E-state index contributed by atoms with van der Waals surface area (Å²) in [6.45, 7) is 0.146. The number of benzene rings is 3. The van der Waals surface area contributed by atoms with Gasteiger partial charge < -0.3 is 9.47 Å². The van der Waals surface area contributed by atoms with Crippen molar-refractivity contribution in [1.29, 1.82) is 5.26 Å². The SMILES string of the molecule is COc1cc(/C=N\NC(=O)c2cccc(C(F)(F)F)c2)c(Br)cc1OCc1ccccc1C#N. The Labute approximate surface area is 201 Å². The van der Waals surface area contributed by atoms with Crippen molar-refractivity contribution in [3.8, 4) is 17.6 Å². The molecule has 0 spiro atoms. The second-order valence-electron chi connectivity index (χ2n) is 6.86. The molecule has 0 heterocycles. The van der Waals surface area contributed by atoms with E-state index in [0.717, 1.165) is 18.2 Å². The number of halogens is 4. The topological polar surface area (TPSA) is 83.7 Å². The van der Waals surface area contributed by atoms with Gasteiger partial charge in [0.2, 0.25) is 0 Å². The Morgan fingerprint density at radius 3 is 2.62 bits per heavy atom. The van der Waals surface area contributed by atoms with Crippen LogP contribution in [0, 0.1) is 11.3 Å². The Morgan fingerprint density at radius 1 is 1.15 bits per heavy atom. The molecule has 10 heteroatoms. The molecule has 0 aliphatic carbocycles. The fourth-order valence-electron chi connectivity index (χ4n) is 2.89. The number of hydrogen-bond donors (Lipinski definition) is 1. The van der Waals surface area contributed by atoms with E-state index in [1.807, 2.05) is 0 Å². The minimum Gasteiger partial charge on any atom is -0.493 e. The van der Waals surface area contributed by atoms with Gasteiger partial charge in [0.05, 0.1) is 30.5 Å². The fourth-order valence-corrected chi connectivity index (χ4v) is 3.32. The third-order valence-electron chi connectivity index (χ3n) is 4.63. The molecular formula is C24H17BrF3N3O3. The highest BCUT2D eigenvalue weighted by Gasteiger charge is 2.30. The number of amides is 1. The van der Waals surface area contributed by atoms with Crippen molar-refractivity contribution in [2.24, 2.45) is 5.10 Å². The summed E-state index contributed by atoms with van der Waals surface area (Å²) >= 11 is 3.39. The summed E-state index contributed by atoms with van der Waals surface area (Å²) in [6, 6.07) is 16.4. The van der Waals surface area contributed by atoms with Gasteiger partial charge in [-0.2, -0.15) is 23.5 Å². The maximum absolute atomic E-state index is 12.8. The predicted molar refractivity (Wildman–Crippen MR) is 123 cm³/mol. The van der Waals surface area contributed by atoms with Gasteiger partial charge in [-0.05, 0) is 52.3 Å². The lowest BCUT2D eigenvalue weighted by Gasteiger charge is -2.13. The van der Waals surface area contributed by atoms with Crippen molar-refractivity contribution in [3.05, 3.63) is 93.0 Å². The van der Waals surface area contributed by atoms with Crippen LogP contribution in [-0.4, -0.2) is 19.2 Å². The smallest absolute Gasteiger partial charge is 0.416 e. The van der Waals surface area contributed by atoms with Gasteiger partial charge in [-0.25, -0.2) is 5.43 Å². The molecule has 1 N–H and O–H groups in total. The molecule has 0 radical (unpaired) electrons. The average molecular weight is 532 g/mol. The number of hydrazone groups is 1. The molecule has 0 aromatic heterocycles. The zero-order valence-electron chi connectivity index (χ0n) is 17.7. The Kier molecular flexibility index (Phi) is 7.91. The molecule has 1 amide bonds. The molecule has 3 aromatic carbocycles. The summed E-state index contributed by atoms with van der Waals surface area (Å²) in [5.74, 6) is -0.00267. The summed E-state index contributed by atoms with van der Waals surface area (Å²) < 4.78 is 50.3. The summed E-state index contributed by atoms with van der Waals surface area (Å²) in [4.78, 5) is 12.2. The number of carbonyl (C=O) groups excluding carboxylic acids is 1. The van der Waals surface area contributed by atoms with Crippen LogP contribution in [0.4, 0.5) is 13.2 Å². The quantitative estimate of drug-likeness (QED) is 0.313. The van der Waals surface area contributed by atoms with E-state index in [-0.39, 0.29) is 12.2 Å². The Bertz CT molecular complexity index is 1270. The van der Waals surface area contributed by atoms with E-state index in [0.29, 0.717) is 32.7 Å².